The van der Waals surface area contributed by atoms with Gasteiger partial charge in [-0.3, -0.25) is 0 Å². The number of ether oxygens (including phenoxy) is 1. The highest BCUT2D eigenvalue weighted by Gasteiger charge is 2.20. The van der Waals surface area contributed by atoms with Gasteiger partial charge in [-0.1, -0.05) is 72.8 Å². The van der Waals surface area contributed by atoms with Crippen LogP contribution in [0.25, 0.3) is 33.9 Å². The number of nitrogens with one attached hydrogen (secondary N) is 1. The van der Waals surface area contributed by atoms with Gasteiger partial charge in [0, 0.05) is 22.3 Å². The van der Waals surface area contributed by atoms with Crippen LogP contribution in [0.5, 0.6) is 5.75 Å². The van der Waals surface area contributed by atoms with Crippen molar-refractivity contribution in [1.82, 2.24) is 9.97 Å². The van der Waals surface area contributed by atoms with E-state index in [1.54, 1.807) is 0 Å². The summed E-state index contributed by atoms with van der Waals surface area (Å²) in [5.74, 6) is 1.55. The Morgan fingerprint density at radius 2 is 1.52 bits per heavy atom. The van der Waals surface area contributed by atoms with Crippen molar-refractivity contribution in [3.63, 3.8) is 0 Å². The van der Waals surface area contributed by atoms with E-state index in [0.717, 1.165) is 58.1 Å². The molecule has 0 saturated heterocycles. The zero-order chi connectivity index (χ0) is 21.0. The van der Waals surface area contributed by atoms with Gasteiger partial charge in [0.25, 0.3) is 0 Å². The first-order valence-electron chi connectivity index (χ1n) is 10.9. The van der Waals surface area contributed by atoms with Crippen molar-refractivity contribution in [1.29, 1.82) is 0 Å². The number of hydrogen-bond acceptors (Lipinski definition) is 3. The van der Waals surface area contributed by atoms with E-state index in [-0.39, 0.29) is 12.7 Å². The maximum absolute atomic E-state index is 9.80. The molecule has 0 aliphatic heterocycles. The molecule has 4 nitrogen and oxygen atoms in total. The Hall–Kier alpha value is -3.37. The molecule has 1 aliphatic carbocycles. The summed E-state index contributed by atoms with van der Waals surface area (Å²) in [7, 11) is 0. The van der Waals surface area contributed by atoms with E-state index in [1.165, 1.54) is 12.8 Å². The van der Waals surface area contributed by atoms with Crippen molar-refractivity contribution < 1.29 is 9.84 Å². The molecule has 156 valence electrons. The zero-order valence-corrected chi connectivity index (χ0v) is 17.4. The summed E-state index contributed by atoms with van der Waals surface area (Å²) < 4.78 is 6.26. The summed E-state index contributed by atoms with van der Waals surface area (Å²) in [6.07, 6.45) is 4.80. The molecular weight excluding hydrogens is 384 g/mol. The summed E-state index contributed by atoms with van der Waals surface area (Å²) in [4.78, 5) is 8.52. The molecule has 3 aromatic carbocycles. The number of hydrogen-bond donors (Lipinski definition) is 2. The molecule has 0 unspecified atom stereocenters. The highest BCUT2D eigenvalue weighted by molar-refractivity contribution is 5.81. The third-order valence-corrected chi connectivity index (χ3v) is 5.92. The van der Waals surface area contributed by atoms with Crippen LogP contribution >= 0.6 is 0 Å². The van der Waals surface area contributed by atoms with Crippen molar-refractivity contribution in [2.45, 2.75) is 38.4 Å². The van der Waals surface area contributed by atoms with Gasteiger partial charge >= 0.3 is 0 Å². The van der Waals surface area contributed by atoms with Gasteiger partial charge in [-0.05, 0) is 31.7 Å². The number of aliphatic hydroxyl groups excluding tert-OH is 1. The first-order valence-corrected chi connectivity index (χ1v) is 10.9. The molecule has 0 radical (unpaired) electrons. The van der Waals surface area contributed by atoms with Gasteiger partial charge in [0.05, 0.1) is 24.1 Å². The number of imidazole rings is 1. The molecular formula is C27H26N2O2. The average Bonchev–Trinajstić information content (AvgIpc) is 3.50. The third kappa shape index (κ3) is 4.12. The molecule has 1 saturated carbocycles. The minimum Gasteiger partial charge on any atom is -0.490 e. The Bertz CT molecular complexity index is 1090. The van der Waals surface area contributed by atoms with E-state index >= 15 is 0 Å². The normalized spacial score (nSPS) is 14.1. The standard InChI is InChI=1S/C27H26N2O2/c30-18-22-16-15-21(17-24(22)31-23-13-7-8-14-23)27-28-25(19-9-3-1-4-10-19)26(29-27)20-11-5-2-6-12-20/h1-6,9-12,15-17,23,30H,7-8,13-14,18H2,(H,28,29). The lowest BCUT2D eigenvalue weighted by atomic mass is 10.1. The largest absolute Gasteiger partial charge is 0.490 e. The van der Waals surface area contributed by atoms with Crippen LogP contribution in [0.1, 0.15) is 31.2 Å². The number of aromatic amines is 1. The molecule has 2 N–H and O–H groups in total. The van der Waals surface area contributed by atoms with Gasteiger partial charge in [-0.15, -0.1) is 0 Å². The molecule has 5 rings (SSSR count). The molecule has 31 heavy (non-hydrogen) atoms. The number of nitrogens with zero attached hydrogens (tertiary/aromatic N) is 1. The average molecular weight is 411 g/mol. The summed E-state index contributed by atoms with van der Waals surface area (Å²) in [5.41, 5.74) is 5.84. The molecule has 4 aromatic rings. The molecule has 4 heteroatoms. The highest BCUT2D eigenvalue weighted by atomic mass is 16.5. The lowest BCUT2D eigenvalue weighted by molar-refractivity contribution is 0.199. The zero-order valence-electron chi connectivity index (χ0n) is 17.4. The van der Waals surface area contributed by atoms with Gasteiger partial charge < -0.3 is 14.8 Å². The van der Waals surface area contributed by atoms with Gasteiger partial charge in [-0.2, -0.15) is 0 Å². The van der Waals surface area contributed by atoms with E-state index in [0.29, 0.717) is 0 Å². The SMILES string of the molecule is OCc1ccc(-c2nc(-c3ccccc3)c(-c3ccccc3)[nH]2)cc1OC1CCCC1. The van der Waals surface area contributed by atoms with Crippen LogP contribution < -0.4 is 4.74 Å². The minimum absolute atomic E-state index is 0.0367. The fourth-order valence-electron chi connectivity index (χ4n) is 4.26. The quantitative estimate of drug-likeness (QED) is 0.396. The van der Waals surface area contributed by atoms with Crippen molar-refractivity contribution >= 4 is 0 Å². The van der Waals surface area contributed by atoms with Gasteiger partial charge in [0.15, 0.2) is 0 Å². The smallest absolute Gasteiger partial charge is 0.138 e. The maximum atomic E-state index is 9.80. The molecule has 1 fully saturated rings. The lowest BCUT2D eigenvalue weighted by Gasteiger charge is -2.16. The summed E-state index contributed by atoms with van der Waals surface area (Å²) in [6.45, 7) is -0.0367. The van der Waals surface area contributed by atoms with Crippen LogP contribution in [0.2, 0.25) is 0 Å². The number of H-pyrrole nitrogens is 1. The highest BCUT2D eigenvalue weighted by Crippen LogP contribution is 2.35. The molecule has 0 atom stereocenters. The predicted octanol–water partition coefficient (Wildman–Crippen LogP) is 6.22. The minimum atomic E-state index is -0.0367. The lowest BCUT2D eigenvalue weighted by Crippen LogP contribution is -2.12. The number of rotatable bonds is 6. The number of benzene rings is 3. The Labute approximate surface area is 182 Å². The fourth-order valence-corrected chi connectivity index (χ4v) is 4.26. The second-order valence-electron chi connectivity index (χ2n) is 8.05. The van der Waals surface area contributed by atoms with E-state index in [1.807, 2.05) is 54.6 Å². The Kier molecular flexibility index (Phi) is 5.55. The maximum Gasteiger partial charge on any atom is 0.138 e. The van der Waals surface area contributed by atoms with E-state index < -0.39 is 0 Å². The van der Waals surface area contributed by atoms with E-state index in [9.17, 15) is 5.11 Å². The number of aliphatic hydroxyl groups is 1. The predicted molar refractivity (Wildman–Crippen MR) is 124 cm³/mol. The van der Waals surface area contributed by atoms with Crippen molar-refractivity contribution in [3.05, 3.63) is 84.4 Å². The van der Waals surface area contributed by atoms with Gasteiger partial charge in [0.1, 0.15) is 11.6 Å². The van der Waals surface area contributed by atoms with Crippen LogP contribution in [0, 0.1) is 0 Å². The Morgan fingerprint density at radius 1 is 0.839 bits per heavy atom. The summed E-state index contributed by atoms with van der Waals surface area (Å²) in [6, 6.07) is 26.4. The van der Waals surface area contributed by atoms with Crippen molar-refractivity contribution in [2.24, 2.45) is 0 Å². The third-order valence-electron chi connectivity index (χ3n) is 5.92. The first-order chi connectivity index (χ1) is 15.3. The van der Waals surface area contributed by atoms with E-state index in [4.69, 9.17) is 9.72 Å². The summed E-state index contributed by atoms with van der Waals surface area (Å²) >= 11 is 0. The second-order valence-corrected chi connectivity index (χ2v) is 8.05. The van der Waals surface area contributed by atoms with Crippen LogP contribution in [0.15, 0.2) is 78.9 Å². The Balaban J connectivity index is 1.58. The van der Waals surface area contributed by atoms with Gasteiger partial charge in [0.2, 0.25) is 0 Å². The molecule has 0 spiro atoms. The molecule has 1 aliphatic rings. The van der Waals surface area contributed by atoms with Crippen LogP contribution in [-0.4, -0.2) is 21.2 Å². The molecule has 0 bridgehead atoms. The molecule has 1 heterocycles. The molecule has 1 aromatic heterocycles. The summed E-state index contributed by atoms with van der Waals surface area (Å²) in [5, 5.41) is 9.80. The topological polar surface area (TPSA) is 58.1 Å². The first kappa shape index (κ1) is 19.6. The molecule has 0 amide bonds. The van der Waals surface area contributed by atoms with Crippen LogP contribution in [0.3, 0.4) is 0 Å². The number of aromatic nitrogens is 2. The van der Waals surface area contributed by atoms with Crippen molar-refractivity contribution in [3.8, 4) is 39.7 Å². The Morgan fingerprint density at radius 3 is 2.19 bits per heavy atom. The van der Waals surface area contributed by atoms with Crippen LogP contribution in [-0.2, 0) is 6.61 Å². The van der Waals surface area contributed by atoms with Gasteiger partial charge in [-0.25, -0.2) is 4.98 Å². The van der Waals surface area contributed by atoms with E-state index in [2.05, 4.69) is 29.2 Å². The fraction of sp³-hybridized carbons (Fsp3) is 0.222. The second kappa shape index (κ2) is 8.78. The van der Waals surface area contributed by atoms with Crippen molar-refractivity contribution in [2.75, 3.05) is 0 Å². The van der Waals surface area contributed by atoms with Crippen LogP contribution in [0.4, 0.5) is 0 Å². The monoisotopic (exact) mass is 410 g/mol.